The first-order chi connectivity index (χ1) is 14.9. The van der Waals surface area contributed by atoms with Crippen LogP contribution in [0.1, 0.15) is 42.0 Å². The average Bonchev–Trinajstić information content (AvgIpc) is 3.52. The topological polar surface area (TPSA) is 58.2 Å². The minimum Gasteiger partial charge on any atom is -0.497 e. The minimum atomic E-state index is -0.691. The van der Waals surface area contributed by atoms with Crippen LogP contribution in [0.2, 0.25) is 0 Å². The number of hydrogen-bond acceptors (Lipinski definition) is 4. The monoisotopic (exact) mass is 425 g/mol. The van der Waals surface area contributed by atoms with E-state index in [4.69, 9.17) is 4.74 Å². The van der Waals surface area contributed by atoms with Gasteiger partial charge in [-0.15, -0.1) is 0 Å². The standard InChI is InChI=1S/C24H25F2N3O2/c1-14(23-19(25)5-4-6-20(23)26)21-12-22(30)28-24(27-21)29(2)13-16-11-18(16)15-7-9-17(31-3)10-8-15/h4-10,12,14,16,18H,11,13H2,1-3H3,(H,27,28,30)/t14?,16-,18-/m1/s1. The van der Waals surface area contributed by atoms with Crippen molar-refractivity contribution in [2.45, 2.75) is 25.2 Å². The number of benzene rings is 2. The number of methoxy groups -OCH3 is 1. The molecule has 1 unspecified atom stereocenters. The van der Waals surface area contributed by atoms with E-state index in [1.165, 1.54) is 29.8 Å². The van der Waals surface area contributed by atoms with Crippen LogP contribution in [-0.2, 0) is 0 Å². The summed E-state index contributed by atoms with van der Waals surface area (Å²) < 4.78 is 33.6. The van der Waals surface area contributed by atoms with Gasteiger partial charge >= 0.3 is 0 Å². The molecule has 1 aromatic heterocycles. The van der Waals surface area contributed by atoms with Gasteiger partial charge in [0, 0.05) is 31.1 Å². The number of rotatable bonds is 7. The van der Waals surface area contributed by atoms with Gasteiger partial charge in [-0.3, -0.25) is 9.78 Å². The second kappa shape index (κ2) is 8.49. The van der Waals surface area contributed by atoms with Crippen molar-refractivity contribution >= 4 is 5.95 Å². The largest absolute Gasteiger partial charge is 0.497 e. The molecule has 1 N–H and O–H groups in total. The van der Waals surface area contributed by atoms with E-state index in [2.05, 4.69) is 22.1 Å². The molecule has 1 aliphatic rings. The SMILES string of the molecule is COc1ccc([C@H]2C[C@@H]2CN(C)c2nc(C(C)c3c(F)cccc3F)cc(=O)[nH]2)cc1. The normalized spacial score (nSPS) is 18.5. The van der Waals surface area contributed by atoms with E-state index in [9.17, 15) is 13.6 Å². The lowest BCUT2D eigenvalue weighted by molar-refractivity contribution is 0.414. The number of ether oxygens (including phenoxy) is 1. The van der Waals surface area contributed by atoms with Crippen LogP contribution < -0.4 is 15.2 Å². The van der Waals surface area contributed by atoms with E-state index in [0.29, 0.717) is 30.0 Å². The summed E-state index contributed by atoms with van der Waals surface area (Å²) in [5.74, 6) is 0.130. The highest BCUT2D eigenvalue weighted by molar-refractivity contribution is 5.37. The molecule has 31 heavy (non-hydrogen) atoms. The molecule has 0 aliphatic heterocycles. The van der Waals surface area contributed by atoms with Crippen molar-refractivity contribution in [3.8, 4) is 5.75 Å². The summed E-state index contributed by atoms with van der Waals surface area (Å²) >= 11 is 0. The van der Waals surface area contributed by atoms with Gasteiger partial charge < -0.3 is 9.64 Å². The summed E-state index contributed by atoms with van der Waals surface area (Å²) in [5, 5.41) is 0. The van der Waals surface area contributed by atoms with E-state index in [-0.39, 0.29) is 11.1 Å². The first-order valence-corrected chi connectivity index (χ1v) is 10.3. The Labute approximate surface area is 179 Å². The molecule has 0 saturated heterocycles. The molecule has 162 valence electrons. The Kier molecular flexibility index (Phi) is 5.76. The van der Waals surface area contributed by atoms with Gasteiger partial charge in [-0.2, -0.15) is 0 Å². The second-order valence-electron chi connectivity index (χ2n) is 8.11. The number of anilines is 1. The lowest BCUT2D eigenvalue weighted by Crippen LogP contribution is -2.26. The van der Waals surface area contributed by atoms with Crippen molar-refractivity contribution in [1.82, 2.24) is 9.97 Å². The molecule has 7 heteroatoms. The van der Waals surface area contributed by atoms with Gasteiger partial charge in [0.1, 0.15) is 17.4 Å². The minimum absolute atomic E-state index is 0.0871. The predicted molar refractivity (Wildman–Crippen MR) is 116 cm³/mol. The number of aromatic amines is 1. The Balaban J connectivity index is 1.50. The van der Waals surface area contributed by atoms with Gasteiger partial charge in [0.15, 0.2) is 0 Å². The van der Waals surface area contributed by atoms with Crippen molar-refractivity contribution in [1.29, 1.82) is 0 Å². The number of nitrogens with zero attached hydrogens (tertiary/aromatic N) is 2. The zero-order valence-corrected chi connectivity index (χ0v) is 17.7. The fraction of sp³-hybridized carbons (Fsp3) is 0.333. The average molecular weight is 425 g/mol. The van der Waals surface area contributed by atoms with Gasteiger partial charge in [0.25, 0.3) is 5.56 Å². The molecule has 5 nitrogen and oxygen atoms in total. The Morgan fingerprint density at radius 1 is 1.19 bits per heavy atom. The molecular formula is C24H25F2N3O2. The molecule has 4 rings (SSSR count). The van der Waals surface area contributed by atoms with Gasteiger partial charge in [-0.25, -0.2) is 13.8 Å². The molecule has 0 bridgehead atoms. The Morgan fingerprint density at radius 2 is 1.87 bits per heavy atom. The molecule has 3 aromatic rings. The van der Waals surface area contributed by atoms with Gasteiger partial charge in [0.2, 0.25) is 5.95 Å². The predicted octanol–water partition coefficient (Wildman–Crippen LogP) is 4.45. The van der Waals surface area contributed by atoms with Crippen LogP contribution in [-0.4, -0.2) is 30.7 Å². The van der Waals surface area contributed by atoms with Crippen LogP contribution in [0.5, 0.6) is 5.75 Å². The number of H-pyrrole nitrogens is 1. The molecule has 2 aromatic carbocycles. The highest BCUT2D eigenvalue weighted by Gasteiger charge is 2.39. The number of halogens is 2. The third kappa shape index (κ3) is 4.45. The van der Waals surface area contributed by atoms with Gasteiger partial charge in [-0.1, -0.05) is 25.1 Å². The fourth-order valence-corrected chi connectivity index (χ4v) is 4.08. The number of hydrogen-bond donors (Lipinski definition) is 1. The Hall–Kier alpha value is -3.22. The molecule has 1 aliphatic carbocycles. The van der Waals surface area contributed by atoms with Crippen LogP contribution in [0.15, 0.2) is 53.3 Å². The lowest BCUT2D eigenvalue weighted by atomic mass is 9.96. The van der Waals surface area contributed by atoms with Crippen LogP contribution >= 0.6 is 0 Å². The summed E-state index contributed by atoms with van der Waals surface area (Å²) in [7, 11) is 3.51. The maximum absolute atomic E-state index is 14.2. The van der Waals surface area contributed by atoms with Crippen molar-refractivity contribution in [3.05, 3.63) is 87.3 Å². The van der Waals surface area contributed by atoms with Crippen LogP contribution in [0.3, 0.4) is 0 Å². The molecule has 1 heterocycles. The van der Waals surface area contributed by atoms with Gasteiger partial charge in [-0.05, 0) is 48.1 Å². The molecule has 0 spiro atoms. The smallest absolute Gasteiger partial charge is 0.252 e. The fourth-order valence-electron chi connectivity index (χ4n) is 4.08. The quantitative estimate of drug-likeness (QED) is 0.608. The third-order valence-electron chi connectivity index (χ3n) is 5.96. The third-order valence-corrected chi connectivity index (χ3v) is 5.96. The zero-order chi connectivity index (χ0) is 22.1. The van der Waals surface area contributed by atoms with Crippen molar-refractivity contribution in [2.75, 3.05) is 25.6 Å². The first-order valence-electron chi connectivity index (χ1n) is 10.3. The first kappa shape index (κ1) is 21.0. The van der Waals surface area contributed by atoms with Crippen LogP contribution in [0.4, 0.5) is 14.7 Å². The molecule has 3 atom stereocenters. The van der Waals surface area contributed by atoms with Crippen LogP contribution in [0.25, 0.3) is 0 Å². The maximum atomic E-state index is 14.2. The summed E-state index contributed by atoms with van der Waals surface area (Å²) in [6.45, 7) is 2.36. The van der Waals surface area contributed by atoms with Crippen molar-refractivity contribution in [3.63, 3.8) is 0 Å². The van der Waals surface area contributed by atoms with E-state index >= 15 is 0 Å². The van der Waals surface area contributed by atoms with E-state index in [1.54, 1.807) is 14.0 Å². The summed E-state index contributed by atoms with van der Waals surface area (Å²) in [6.07, 6.45) is 1.05. The van der Waals surface area contributed by atoms with E-state index in [0.717, 1.165) is 12.2 Å². The highest BCUT2D eigenvalue weighted by atomic mass is 19.1. The van der Waals surface area contributed by atoms with Crippen molar-refractivity contribution < 1.29 is 13.5 Å². The Morgan fingerprint density at radius 3 is 2.52 bits per heavy atom. The lowest BCUT2D eigenvalue weighted by Gasteiger charge is -2.20. The highest BCUT2D eigenvalue weighted by Crippen LogP contribution is 2.48. The Bertz CT molecular complexity index is 1110. The van der Waals surface area contributed by atoms with Crippen molar-refractivity contribution in [2.24, 2.45) is 5.92 Å². The maximum Gasteiger partial charge on any atom is 0.252 e. The van der Waals surface area contributed by atoms with Gasteiger partial charge in [0.05, 0.1) is 12.8 Å². The summed E-state index contributed by atoms with van der Waals surface area (Å²) in [5.41, 5.74) is 1.16. The molecule has 0 radical (unpaired) electrons. The summed E-state index contributed by atoms with van der Waals surface area (Å²) in [6, 6.07) is 13.1. The van der Waals surface area contributed by atoms with Crippen LogP contribution in [0, 0.1) is 17.6 Å². The molecular weight excluding hydrogens is 400 g/mol. The number of nitrogens with one attached hydrogen (secondary N) is 1. The molecule has 1 saturated carbocycles. The zero-order valence-electron chi connectivity index (χ0n) is 17.7. The molecule has 1 fully saturated rings. The summed E-state index contributed by atoms with van der Waals surface area (Å²) in [4.78, 5) is 21.4. The van der Waals surface area contributed by atoms with E-state index in [1.807, 2.05) is 24.1 Å². The number of aromatic nitrogens is 2. The second-order valence-corrected chi connectivity index (χ2v) is 8.11. The van der Waals surface area contributed by atoms with E-state index < -0.39 is 17.6 Å². The molecule has 0 amide bonds.